The van der Waals surface area contributed by atoms with E-state index in [9.17, 15) is 9.59 Å². The molecule has 0 radical (unpaired) electrons. The number of aryl methyl sites for hydroxylation is 1. The van der Waals surface area contributed by atoms with E-state index in [4.69, 9.17) is 21.1 Å². The molecule has 0 aliphatic carbocycles. The highest BCUT2D eigenvalue weighted by Crippen LogP contribution is 2.32. The van der Waals surface area contributed by atoms with Crippen molar-refractivity contribution < 1.29 is 19.1 Å². The van der Waals surface area contributed by atoms with Gasteiger partial charge in [-0.15, -0.1) is 0 Å². The molecule has 3 rings (SSSR count). The summed E-state index contributed by atoms with van der Waals surface area (Å²) in [4.78, 5) is 27.8. The van der Waals surface area contributed by atoms with Gasteiger partial charge in [-0.1, -0.05) is 29.8 Å². The Kier molecular flexibility index (Phi) is 7.94. The maximum Gasteiger partial charge on any atom is 0.278 e. The molecule has 1 aliphatic heterocycles. The molecule has 1 heterocycles. The van der Waals surface area contributed by atoms with Crippen LogP contribution in [0.4, 0.5) is 5.69 Å². The monoisotopic (exact) mass is 456 g/mol. The van der Waals surface area contributed by atoms with Gasteiger partial charge in [0.2, 0.25) is 0 Å². The zero-order valence-electron chi connectivity index (χ0n) is 18.9. The Labute approximate surface area is 194 Å². The van der Waals surface area contributed by atoms with E-state index in [1.165, 1.54) is 4.90 Å². The van der Waals surface area contributed by atoms with Crippen LogP contribution in [0.15, 0.2) is 48.2 Å². The van der Waals surface area contributed by atoms with E-state index in [0.29, 0.717) is 47.2 Å². The number of nitrogens with one attached hydrogen (secondary N) is 1. The van der Waals surface area contributed by atoms with Gasteiger partial charge in [-0.05, 0) is 69.5 Å². The molecule has 0 fully saturated rings. The highest BCUT2D eigenvalue weighted by Gasteiger charge is 2.38. The molecule has 0 aromatic heterocycles. The normalized spacial score (nSPS) is 14.0. The van der Waals surface area contributed by atoms with Crippen LogP contribution in [0.3, 0.4) is 0 Å². The van der Waals surface area contributed by atoms with Gasteiger partial charge in [-0.25, -0.2) is 0 Å². The van der Waals surface area contributed by atoms with E-state index >= 15 is 0 Å². The summed E-state index contributed by atoms with van der Waals surface area (Å²) in [5.41, 5.74) is 2.79. The quantitative estimate of drug-likeness (QED) is 0.400. The van der Waals surface area contributed by atoms with Gasteiger partial charge in [0.05, 0.1) is 11.7 Å². The third-order valence-electron chi connectivity index (χ3n) is 5.00. The summed E-state index contributed by atoms with van der Waals surface area (Å²) in [6, 6.07) is 12.6. The number of benzene rings is 2. The number of carbonyl (C=O) groups excluding carboxylic acids is 2. The molecule has 0 bridgehead atoms. The van der Waals surface area contributed by atoms with Gasteiger partial charge in [0.1, 0.15) is 11.4 Å². The summed E-state index contributed by atoms with van der Waals surface area (Å²) in [6.07, 6.45) is 0.614. The molecule has 2 amide bonds. The number of ether oxygens (including phenoxy) is 2. The summed E-state index contributed by atoms with van der Waals surface area (Å²) >= 11 is 6.26. The van der Waals surface area contributed by atoms with Crippen LogP contribution in [-0.2, 0) is 14.3 Å². The molecular weight excluding hydrogens is 428 g/mol. The smallest absolute Gasteiger partial charge is 0.278 e. The predicted octanol–water partition coefficient (Wildman–Crippen LogP) is 5.05. The highest BCUT2D eigenvalue weighted by atomic mass is 35.5. The molecule has 170 valence electrons. The Morgan fingerprint density at radius 3 is 2.41 bits per heavy atom. The van der Waals surface area contributed by atoms with Gasteiger partial charge in [-0.2, -0.15) is 0 Å². The van der Waals surface area contributed by atoms with Crippen LogP contribution >= 0.6 is 11.6 Å². The zero-order valence-corrected chi connectivity index (χ0v) is 19.7. The third kappa shape index (κ3) is 5.50. The van der Waals surface area contributed by atoms with E-state index in [1.807, 2.05) is 39.8 Å². The fourth-order valence-corrected chi connectivity index (χ4v) is 3.60. The fraction of sp³-hybridized carbons (Fsp3) is 0.360. The number of hydrogen-bond acceptors (Lipinski definition) is 5. The zero-order chi connectivity index (χ0) is 23.3. The van der Waals surface area contributed by atoms with Gasteiger partial charge in [0.25, 0.3) is 11.8 Å². The molecule has 2 aromatic rings. The van der Waals surface area contributed by atoms with E-state index in [-0.39, 0.29) is 30.2 Å². The van der Waals surface area contributed by atoms with Crippen molar-refractivity contribution in [1.29, 1.82) is 0 Å². The predicted molar refractivity (Wildman–Crippen MR) is 127 cm³/mol. The lowest BCUT2D eigenvalue weighted by Crippen LogP contribution is -2.34. The minimum atomic E-state index is -0.360. The second-order valence-corrected chi connectivity index (χ2v) is 8.25. The second kappa shape index (κ2) is 10.7. The van der Waals surface area contributed by atoms with Crippen LogP contribution in [0.1, 0.15) is 38.3 Å². The average Bonchev–Trinajstić information content (AvgIpc) is 2.98. The first-order valence-electron chi connectivity index (χ1n) is 10.8. The van der Waals surface area contributed by atoms with E-state index < -0.39 is 0 Å². The highest BCUT2D eigenvalue weighted by molar-refractivity contribution is 6.36. The Hall–Kier alpha value is -2.83. The van der Waals surface area contributed by atoms with Gasteiger partial charge in [-0.3, -0.25) is 14.5 Å². The van der Waals surface area contributed by atoms with Crippen molar-refractivity contribution in [3.63, 3.8) is 0 Å². The lowest BCUT2D eigenvalue weighted by Gasteiger charge is -2.15. The summed E-state index contributed by atoms with van der Waals surface area (Å²) in [5, 5.41) is 3.72. The fourth-order valence-electron chi connectivity index (χ4n) is 3.42. The number of rotatable bonds is 10. The van der Waals surface area contributed by atoms with Crippen LogP contribution in [0, 0.1) is 6.92 Å². The molecule has 0 atom stereocenters. The van der Waals surface area contributed by atoms with Crippen LogP contribution in [-0.4, -0.2) is 42.6 Å². The van der Waals surface area contributed by atoms with Crippen LogP contribution in [0.5, 0.6) is 5.75 Å². The Bertz CT molecular complexity index is 1020. The number of anilines is 1. The summed E-state index contributed by atoms with van der Waals surface area (Å²) in [6.45, 7) is 9.08. The first-order chi connectivity index (χ1) is 15.3. The first kappa shape index (κ1) is 23.8. The van der Waals surface area contributed by atoms with Crippen molar-refractivity contribution in [1.82, 2.24) is 4.90 Å². The molecule has 6 nitrogen and oxygen atoms in total. The molecule has 0 unspecified atom stereocenters. The van der Waals surface area contributed by atoms with Gasteiger partial charge < -0.3 is 14.8 Å². The maximum atomic E-state index is 13.3. The number of hydrogen-bond donors (Lipinski definition) is 1. The molecule has 1 aliphatic rings. The minimum absolute atomic E-state index is 0.0408. The molecule has 32 heavy (non-hydrogen) atoms. The van der Waals surface area contributed by atoms with Crippen molar-refractivity contribution in [2.24, 2.45) is 0 Å². The number of carbonyl (C=O) groups is 2. The summed E-state index contributed by atoms with van der Waals surface area (Å²) in [5.74, 6) is 0.0138. The van der Waals surface area contributed by atoms with Gasteiger partial charge in [0, 0.05) is 30.5 Å². The first-order valence-corrected chi connectivity index (χ1v) is 11.2. The maximum absolute atomic E-state index is 13.3. The Morgan fingerprint density at radius 1 is 1.06 bits per heavy atom. The second-order valence-electron chi connectivity index (χ2n) is 7.84. The van der Waals surface area contributed by atoms with Crippen molar-refractivity contribution in [2.45, 2.75) is 40.2 Å². The van der Waals surface area contributed by atoms with Gasteiger partial charge in [0.15, 0.2) is 0 Å². The minimum Gasteiger partial charge on any atom is -0.491 e. The lowest BCUT2D eigenvalue weighted by molar-refractivity contribution is -0.137. The summed E-state index contributed by atoms with van der Waals surface area (Å²) in [7, 11) is 0. The molecule has 0 saturated heterocycles. The topological polar surface area (TPSA) is 67.9 Å². The number of imide groups is 1. The molecule has 0 spiro atoms. The van der Waals surface area contributed by atoms with Crippen LogP contribution in [0.25, 0.3) is 5.57 Å². The average molecular weight is 457 g/mol. The molecular formula is C25H29ClN2O4. The Balaban J connectivity index is 1.94. The number of halogens is 1. The van der Waals surface area contributed by atoms with E-state index in [0.717, 1.165) is 5.56 Å². The van der Waals surface area contributed by atoms with Crippen molar-refractivity contribution >= 4 is 34.7 Å². The van der Waals surface area contributed by atoms with Crippen LogP contribution in [0.2, 0.25) is 5.02 Å². The van der Waals surface area contributed by atoms with Gasteiger partial charge >= 0.3 is 0 Å². The largest absolute Gasteiger partial charge is 0.491 e. The summed E-state index contributed by atoms with van der Waals surface area (Å²) < 4.78 is 11.1. The SMILES string of the molecule is CCOCCCN1C(=O)C(Nc2ccc(C)c(Cl)c2)=C(c2ccc(OC(C)C)cc2)C1=O. The van der Waals surface area contributed by atoms with E-state index in [1.54, 1.807) is 30.3 Å². The van der Waals surface area contributed by atoms with Crippen LogP contribution < -0.4 is 10.1 Å². The van der Waals surface area contributed by atoms with Crippen molar-refractivity contribution in [3.05, 3.63) is 64.3 Å². The standard InChI is InChI=1S/C25H29ClN2O4/c1-5-31-14-6-13-28-24(29)22(18-8-11-20(12-9-18)32-16(2)3)23(25(28)30)27-19-10-7-17(4)21(26)15-19/h7-12,15-16,27H,5-6,13-14H2,1-4H3. The molecule has 1 N–H and O–H groups in total. The third-order valence-corrected chi connectivity index (χ3v) is 5.41. The number of amides is 2. The molecule has 7 heteroatoms. The number of nitrogens with zero attached hydrogens (tertiary/aromatic N) is 1. The van der Waals surface area contributed by atoms with Crippen molar-refractivity contribution in [2.75, 3.05) is 25.1 Å². The van der Waals surface area contributed by atoms with Crippen molar-refractivity contribution in [3.8, 4) is 5.75 Å². The lowest BCUT2D eigenvalue weighted by atomic mass is 10.0. The molecule has 2 aromatic carbocycles. The molecule has 0 saturated carbocycles. The Morgan fingerprint density at radius 2 is 1.78 bits per heavy atom. The van der Waals surface area contributed by atoms with E-state index in [2.05, 4.69) is 5.32 Å².